The van der Waals surface area contributed by atoms with Crippen LogP contribution in [0.4, 0.5) is 4.39 Å². The Balaban J connectivity index is 1.99. The van der Waals surface area contributed by atoms with E-state index in [0.29, 0.717) is 19.6 Å². The summed E-state index contributed by atoms with van der Waals surface area (Å²) in [5, 5.41) is 0. The predicted octanol–water partition coefficient (Wildman–Crippen LogP) is 1.85. The van der Waals surface area contributed by atoms with Gasteiger partial charge in [0.15, 0.2) is 5.79 Å². The van der Waals surface area contributed by atoms with Crippen molar-refractivity contribution >= 4 is 0 Å². The summed E-state index contributed by atoms with van der Waals surface area (Å²) in [7, 11) is 0. The molecular formula is C13H18FNO2. The molecular weight excluding hydrogens is 221 g/mol. The highest BCUT2D eigenvalue weighted by atomic mass is 19.1. The Morgan fingerprint density at radius 2 is 2.35 bits per heavy atom. The largest absolute Gasteiger partial charge is 0.347 e. The Labute approximate surface area is 101 Å². The summed E-state index contributed by atoms with van der Waals surface area (Å²) >= 11 is 0. The van der Waals surface area contributed by atoms with Gasteiger partial charge in [0.25, 0.3) is 0 Å². The number of nitrogens with two attached hydrogens (primary N) is 1. The fourth-order valence-electron chi connectivity index (χ4n) is 2.13. The van der Waals surface area contributed by atoms with Gasteiger partial charge in [0.2, 0.25) is 0 Å². The molecule has 2 atom stereocenters. The van der Waals surface area contributed by atoms with E-state index in [2.05, 4.69) is 0 Å². The SMILES string of the molecule is CC1(Cc2cccc(F)c2)OCC(CCN)O1. The zero-order valence-corrected chi connectivity index (χ0v) is 9.99. The topological polar surface area (TPSA) is 44.5 Å². The molecule has 0 amide bonds. The Kier molecular flexibility index (Phi) is 3.76. The van der Waals surface area contributed by atoms with Crippen molar-refractivity contribution in [2.75, 3.05) is 13.2 Å². The van der Waals surface area contributed by atoms with E-state index in [0.717, 1.165) is 12.0 Å². The fraction of sp³-hybridized carbons (Fsp3) is 0.538. The van der Waals surface area contributed by atoms with Crippen LogP contribution in [0.5, 0.6) is 0 Å². The van der Waals surface area contributed by atoms with Crippen molar-refractivity contribution < 1.29 is 13.9 Å². The monoisotopic (exact) mass is 239 g/mol. The highest BCUT2D eigenvalue weighted by Gasteiger charge is 2.36. The van der Waals surface area contributed by atoms with Crippen molar-refractivity contribution in [2.24, 2.45) is 5.73 Å². The zero-order valence-electron chi connectivity index (χ0n) is 9.99. The fourth-order valence-corrected chi connectivity index (χ4v) is 2.13. The second kappa shape index (κ2) is 5.12. The van der Waals surface area contributed by atoms with Crippen molar-refractivity contribution in [3.8, 4) is 0 Å². The zero-order chi connectivity index (χ0) is 12.3. The first-order valence-corrected chi connectivity index (χ1v) is 5.87. The van der Waals surface area contributed by atoms with Crippen molar-refractivity contribution in [1.29, 1.82) is 0 Å². The Hall–Kier alpha value is -0.970. The van der Waals surface area contributed by atoms with E-state index >= 15 is 0 Å². The summed E-state index contributed by atoms with van der Waals surface area (Å²) in [5.74, 6) is -0.893. The van der Waals surface area contributed by atoms with E-state index in [-0.39, 0.29) is 11.9 Å². The molecule has 0 saturated carbocycles. The second-order valence-electron chi connectivity index (χ2n) is 4.57. The molecule has 1 aromatic rings. The molecule has 2 N–H and O–H groups in total. The van der Waals surface area contributed by atoms with Gasteiger partial charge in [-0.1, -0.05) is 12.1 Å². The van der Waals surface area contributed by atoms with Crippen LogP contribution >= 0.6 is 0 Å². The third kappa shape index (κ3) is 3.25. The Morgan fingerprint density at radius 1 is 1.53 bits per heavy atom. The molecule has 0 aromatic heterocycles. The van der Waals surface area contributed by atoms with Gasteiger partial charge < -0.3 is 15.2 Å². The molecule has 1 aliphatic heterocycles. The van der Waals surface area contributed by atoms with Crippen LogP contribution in [0.2, 0.25) is 0 Å². The average Bonchev–Trinajstić information content (AvgIpc) is 2.60. The van der Waals surface area contributed by atoms with Gasteiger partial charge in [0.05, 0.1) is 12.7 Å². The number of halogens is 1. The molecule has 1 heterocycles. The summed E-state index contributed by atoms with van der Waals surface area (Å²) in [6.07, 6.45) is 1.39. The number of hydrogen-bond donors (Lipinski definition) is 1. The van der Waals surface area contributed by atoms with Gasteiger partial charge in [0.1, 0.15) is 5.82 Å². The van der Waals surface area contributed by atoms with Crippen LogP contribution in [0, 0.1) is 5.82 Å². The smallest absolute Gasteiger partial charge is 0.170 e. The molecule has 1 aromatic carbocycles. The summed E-state index contributed by atoms with van der Waals surface area (Å²) < 4.78 is 24.5. The number of ether oxygens (including phenoxy) is 2. The highest BCUT2D eigenvalue weighted by Crippen LogP contribution is 2.28. The van der Waals surface area contributed by atoms with Gasteiger partial charge in [-0.25, -0.2) is 4.39 Å². The summed E-state index contributed by atoms with van der Waals surface area (Å²) in [5.41, 5.74) is 6.36. The summed E-state index contributed by atoms with van der Waals surface area (Å²) in [6.45, 7) is 3.03. The molecule has 1 saturated heterocycles. The lowest BCUT2D eigenvalue weighted by molar-refractivity contribution is -0.152. The van der Waals surface area contributed by atoms with Gasteiger partial charge >= 0.3 is 0 Å². The Morgan fingerprint density at radius 3 is 3.06 bits per heavy atom. The molecule has 2 unspecified atom stereocenters. The lowest BCUT2D eigenvalue weighted by atomic mass is 10.1. The molecule has 1 aliphatic rings. The molecule has 94 valence electrons. The first-order valence-electron chi connectivity index (χ1n) is 5.87. The van der Waals surface area contributed by atoms with Gasteiger partial charge in [-0.15, -0.1) is 0 Å². The average molecular weight is 239 g/mol. The number of benzene rings is 1. The van der Waals surface area contributed by atoms with Crippen LogP contribution in [-0.4, -0.2) is 25.0 Å². The van der Waals surface area contributed by atoms with E-state index in [1.54, 1.807) is 6.07 Å². The number of rotatable bonds is 4. The van der Waals surface area contributed by atoms with E-state index in [9.17, 15) is 4.39 Å². The third-order valence-electron chi connectivity index (χ3n) is 2.89. The first kappa shape index (κ1) is 12.5. The third-order valence-corrected chi connectivity index (χ3v) is 2.89. The van der Waals surface area contributed by atoms with Gasteiger partial charge in [0, 0.05) is 6.42 Å². The van der Waals surface area contributed by atoms with E-state index in [1.165, 1.54) is 12.1 Å². The minimum atomic E-state index is -0.659. The van der Waals surface area contributed by atoms with Crippen LogP contribution in [0.3, 0.4) is 0 Å². The highest BCUT2D eigenvalue weighted by molar-refractivity contribution is 5.17. The van der Waals surface area contributed by atoms with Gasteiger partial charge in [-0.05, 0) is 37.6 Å². The van der Waals surface area contributed by atoms with Crippen molar-refractivity contribution in [2.45, 2.75) is 31.7 Å². The molecule has 17 heavy (non-hydrogen) atoms. The van der Waals surface area contributed by atoms with Crippen LogP contribution < -0.4 is 5.73 Å². The lowest BCUT2D eigenvalue weighted by Crippen LogP contribution is -2.30. The maximum Gasteiger partial charge on any atom is 0.170 e. The standard InChI is InChI=1S/C13H18FNO2/c1-13(16-9-12(17-13)5-6-15)8-10-3-2-4-11(14)7-10/h2-4,7,12H,5-6,8-9,15H2,1H3. The van der Waals surface area contributed by atoms with E-state index in [4.69, 9.17) is 15.2 Å². The predicted molar refractivity (Wildman–Crippen MR) is 63.0 cm³/mol. The van der Waals surface area contributed by atoms with Crippen molar-refractivity contribution in [3.63, 3.8) is 0 Å². The minimum Gasteiger partial charge on any atom is -0.347 e. The van der Waals surface area contributed by atoms with Crippen molar-refractivity contribution in [1.82, 2.24) is 0 Å². The molecule has 0 radical (unpaired) electrons. The summed E-state index contributed by atoms with van der Waals surface area (Å²) in [4.78, 5) is 0. The minimum absolute atomic E-state index is 0.0542. The lowest BCUT2D eigenvalue weighted by Gasteiger charge is -2.23. The molecule has 0 aliphatic carbocycles. The molecule has 3 nitrogen and oxygen atoms in total. The molecule has 0 spiro atoms. The number of hydrogen-bond acceptors (Lipinski definition) is 3. The van der Waals surface area contributed by atoms with Crippen LogP contribution in [0.1, 0.15) is 18.9 Å². The second-order valence-corrected chi connectivity index (χ2v) is 4.57. The normalized spacial score (nSPS) is 28.5. The molecule has 1 fully saturated rings. The van der Waals surface area contributed by atoms with Gasteiger partial charge in [-0.3, -0.25) is 0 Å². The van der Waals surface area contributed by atoms with Gasteiger partial charge in [-0.2, -0.15) is 0 Å². The maximum absolute atomic E-state index is 13.1. The quantitative estimate of drug-likeness (QED) is 0.872. The van der Waals surface area contributed by atoms with E-state index < -0.39 is 5.79 Å². The molecule has 2 rings (SSSR count). The molecule has 0 bridgehead atoms. The Bertz CT molecular complexity index is 385. The van der Waals surface area contributed by atoms with Crippen LogP contribution in [0.15, 0.2) is 24.3 Å². The first-order chi connectivity index (χ1) is 8.11. The van der Waals surface area contributed by atoms with Crippen LogP contribution in [0.25, 0.3) is 0 Å². The van der Waals surface area contributed by atoms with Crippen LogP contribution in [-0.2, 0) is 15.9 Å². The van der Waals surface area contributed by atoms with Crippen molar-refractivity contribution in [3.05, 3.63) is 35.6 Å². The molecule has 4 heteroatoms. The summed E-state index contributed by atoms with van der Waals surface area (Å²) in [6, 6.07) is 6.51. The maximum atomic E-state index is 13.1. The van der Waals surface area contributed by atoms with E-state index in [1.807, 2.05) is 13.0 Å².